The van der Waals surface area contributed by atoms with Crippen LogP contribution in [0.3, 0.4) is 0 Å². The van der Waals surface area contributed by atoms with Crippen LogP contribution in [0.1, 0.15) is 50.4 Å². The van der Waals surface area contributed by atoms with Gasteiger partial charge in [-0.3, -0.25) is 28.3 Å². The highest BCUT2D eigenvalue weighted by molar-refractivity contribution is 5.95. The van der Waals surface area contributed by atoms with E-state index < -0.39 is 17.2 Å². The van der Waals surface area contributed by atoms with E-state index in [1.165, 1.54) is 11.5 Å². The van der Waals surface area contributed by atoms with Gasteiger partial charge in [0.15, 0.2) is 5.78 Å². The quantitative estimate of drug-likeness (QED) is 0.315. The largest absolute Gasteiger partial charge is 0.356 e. The molecule has 1 heterocycles. The minimum Gasteiger partial charge on any atom is -0.356 e. The number of fused-ring (bicyclic) bond motifs is 1. The number of Topliss-reactive ketones (excluding diaryl/α,β-unsaturated/α-hetero) is 1. The summed E-state index contributed by atoms with van der Waals surface area (Å²) < 4.78 is 2.41. The molecule has 0 saturated heterocycles. The van der Waals surface area contributed by atoms with E-state index in [9.17, 15) is 24.0 Å². The number of hydrogen-bond donors (Lipinski definition) is 2. The number of rotatable bonds is 11. The summed E-state index contributed by atoms with van der Waals surface area (Å²) in [7, 11) is 0. The summed E-state index contributed by atoms with van der Waals surface area (Å²) in [5.41, 5.74) is 0.395. The van der Waals surface area contributed by atoms with Gasteiger partial charge in [-0.15, -0.1) is 0 Å². The van der Waals surface area contributed by atoms with E-state index in [1.54, 1.807) is 48.5 Å². The summed E-state index contributed by atoms with van der Waals surface area (Å²) in [6.45, 7) is 5.96. The molecule has 1 aromatic heterocycles. The molecule has 2 amide bonds. The first-order valence-corrected chi connectivity index (χ1v) is 12.1. The van der Waals surface area contributed by atoms with Crippen molar-refractivity contribution < 1.29 is 14.4 Å². The summed E-state index contributed by atoms with van der Waals surface area (Å²) in [6.07, 6.45) is 1.31. The fourth-order valence-electron chi connectivity index (χ4n) is 3.82. The molecule has 9 heteroatoms. The molecule has 190 valence electrons. The first-order valence-electron chi connectivity index (χ1n) is 12.1. The van der Waals surface area contributed by atoms with Gasteiger partial charge in [-0.2, -0.15) is 0 Å². The number of carbonyl (C=O) groups excluding carboxylic acids is 3. The molecule has 0 radical (unpaired) electrons. The van der Waals surface area contributed by atoms with Gasteiger partial charge in [0.1, 0.15) is 6.54 Å². The molecule has 0 fully saturated rings. The molecular weight excluding hydrogens is 460 g/mol. The predicted molar refractivity (Wildman–Crippen MR) is 139 cm³/mol. The van der Waals surface area contributed by atoms with Gasteiger partial charge in [-0.25, -0.2) is 4.79 Å². The van der Waals surface area contributed by atoms with Gasteiger partial charge in [-0.1, -0.05) is 26.0 Å². The average Bonchev–Trinajstić information content (AvgIpc) is 2.85. The Labute approximate surface area is 209 Å². The highest BCUT2D eigenvalue weighted by Crippen LogP contribution is 2.12. The first-order chi connectivity index (χ1) is 17.2. The van der Waals surface area contributed by atoms with Gasteiger partial charge in [-0.05, 0) is 62.1 Å². The van der Waals surface area contributed by atoms with Crippen molar-refractivity contribution >= 4 is 34.2 Å². The van der Waals surface area contributed by atoms with Crippen LogP contribution in [0.2, 0.25) is 0 Å². The van der Waals surface area contributed by atoms with Gasteiger partial charge in [0.05, 0.1) is 10.9 Å². The van der Waals surface area contributed by atoms with E-state index in [1.807, 2.05) is 13.8 Å². The smallest absolute Gasteiger partial charge is 0.331 e. The third kappa shape index (κ3) is 6.78. The lowest BCUT2D eigenvalue weighted by Crippen LogP contribution is -2.41. The number of carbonyl (C=O) groups is 3. The molecule has 9 nitrogen and oxygen atoms in total. The highest BCUT2D eigenvalue weighted by Gasteiger charge is 2.15. The van der Waals surface area contributed by atoms with Crippen LogP contribution in [0.15, 0.2) is 58.1 Å². The summed E-state index contributed by atoms with van der Waals surface area (Å²) in [6, 6.07) is 13.1. The standard InChI is InChI=1S/C27H32N4O5/c1-18(2)16-28-24(33)10-6-7-15-30-26(35)22-8-4-5-9-23(22)31(27(30)36)17-25(34)29-21-13-11-20(12-14-21)19(3)32/h4-5,8-9,11-14,18H,6-7,10,15-17H2,1-3H3,(H,28,33)(H,29,34). The number of unbranched alkanes of at least 4 members (excludes halogenated alkanes) is 1. The Morgan fingerprint density at radius 3 is 2.25 bits per heavy atom. The summed E-state index contributed by atoms with van der Waals surface area (Å²) in [4.78, 5) is 62.4. The monoisotopic (exact) mass is 492 g/mol. The number of nitrogens with one attached hydrogen (secondary N) is 2. The molecule has 0 aliphatic rings. The van der Waals surface area contributed by atoms with Crippen molar-refractivity contribution in [2.45, 2.75) is 53.1 Å². The van der Waals surface area contributed by atoms with E-state index >= 15 is 0 Å². The van der Waals surface area contributed by atoms with E-state index in [-0.39, 0.29) is 24.8 Å². The molecule has 0 saturated carbocycles. The molecule has 0 bridgehead atoms. The molecule has 2 aromatic carbocycles. The Kier molecular flexibility index (Phi) is 8.94. The maximum Gasteiger partial charge on any atom is 0.331 e. The molecule has 0 unspecified atom stereocenters. The van der Waals surface area contributed by atoms with E-state index in [4.69, 9.17) is 0 Å². The van der Waals surface area contributed by atoms with Crippen LogP contribution in [0.5, 0.6) is 0 Å². The molecule has 0 aliphatic carbocycles. The number of ketones is 1. The van der Waals surface area contributed by atoms with Crippen LogP contribution in [0.25, 0.3) is 10.9 Å². The second-order valence-electron chi connectivity index (χ2n) is 9.18. The zero-order chi connectivity index (χ0) is 26.2. The van der Waals surface area contributed by atoms with Crippen molar-refractivity contribution in [2.24, 2.45) is 5.92 Å². The van der Waals surface area contributed by atoms with Crippen molar-refractivity contribution in [2.75, 3.05) is 11.9 Å². The van der Waals surface area contributed by atoms with E-state index in [2.05, 4.69) is 10.6 Å². The summed E-state index contributed by atoms with van der Waals surface area (Å²) >= 11 is 0. The molecule has 0 aliphatic heterocycles. The van der Waals surface area contributed by atoms with Crippen molar-refractivity contribution in [3.8, 4) is 0 Å². The van der Waals surface area contributed by atoms with Crippen molar-refractivity contribution in [1.82, 2.24) is 14.5 Å². The number of benzene rings is 2. The van der Waals surface area contributed by atoms with Crippen molar-refractivity contribution in [1.29, 1.82) is 0 Å². The van der Waals surface area contributed by atoms with Crippen LogP contribution >= 0.6 is 0 Å². The predicted octanol–water partition coefficient (Wildman–Crippen LogP) is 2.95. The fraction of sp³-hybridized carbons (Fsp3) is 0.370. The molecule has 3 aromatic rings. The lowest BCUT2D eigenvalue weighted by molar-refractivity contribution is -0.121. The lowest BCUT2D eigenvalue weighted by Gasteiger charge is -2.14. The van der Waals surface area contributed by atoms with Gasteiger partial charge < -0.3 is 10.6 Å². The maximum absolute atomic E-state index is 13.2. The Balaban J connectivity index is 1.76. The van der Waals surface area contributed by atoms with Gasteiger partial charge in [0.25, 0.3) is 5.56 Å². The van der Waals surface area contributed by atoms with Crippen molar-refractivity contribution in [3.05, 3.63) is 74.9 Å². The zero-order valence-electron chi connectivity index (χ0n) is 20.9. The summed E-state index contributed by atoms with van der Waals surface area (Å²) in [5.74, 6) is -0.213. The van der Waals surface area contributed by atoms with Gasteiger partial charge >= 0.3 is 5.69 Å². The molecule has 36 heavy (non-hydrogen) atoms. The average molecular weight is 493 g/mol. The third-order valence-corrected chi connectivity index (χ3v) is 5.75. The number of hydrogen-bond acceptors (Lipinski definition) is 5. The van der Waals surface area contributed by atoms with E-state index in [0.717, 1.165) is 4.57 Å². The number of amides is 2. The number of para-hydroxylation sites is 1. The maximum atomic E-state index is 13.2. The molecule has 3 rings (SSSR count). The highest BCUT2D eigenvalue weighted by atomic mass is 16.2. The summed E-state index contributed by atoms with van der Waals surface area (Å²) in [5, 5.41) is 5.92. The Morgan fingerprint density at radius 1 is 0.889 bits per heavy atom. The third-order valence-electron chi connectivity index (χ3n) is 5.75. The second kappa shape index (κ2) is 12.1. The van der Waals surface area contributed by atoms with Gasteiger partial charge in [0.2, 0.25) is 11.8 Å². The zero-order valence-corrected chi connectivity index (χ0v) is 20.9. The van der Waals surface area contributed by atoms with Crippen LogP contribution < -0.4 is 21.9 Å². The molecule has 0 spiro atoms. The Hall–Kier alpha value is -4.01. The first kappa shape index (κ1) is 26.6. The number of nitrogens with zero attached hydrogens (tertiary/aromatic N) is 2. The Morgan fingerprint density at radius 2 is 1.58 bits per heavy atom. The van der Waals surface area contributed by atoms with Crippen LogP contribution in [-0.4, -0.2) is 33.3 Å². The second-order valence-corrected chi connectivity index (χ2v) is 9.18. The van der Waals surface area contributed by atoms with Crippen LogP contribution in [0.4, 0.5) is 5.69 Å². The van der Waals surface area contributed by atoms with Gasteiger partial charge in [0, 0.05) is 30.8 Å². The molecular formula is C27H32N4O5. The Bertz CT molecular complexity index is 1370. The molecule has 2 N–H and O–H groups in total. The van der Waals surface area contributed by atoms with Crippen molar-refractivity contribution in [3.63, 3.8) is 0 Å². The SMILES string of the molecule is CC(=O)c1ccc(NC(=O)Cn2c(=O)n(CCCCC(=O)NCC(C)C)c(=O)c3ccccc32)cc1. The van der Waals surface area contributed by atoms with E-state index in [0.29, 0.717) is 53.9 Å². The van der Waals surface area contributed by atoms with Crippen LogP contribution in [-0.2, 0) is 22.7 Å². The molecule has 0 atom stereocenters. The van der Waals surface area contributed by atoms with Crippen LogP contribution in [0, 0.1) is 5.92 Å². The minimum atomic E-state index is -0.579. The topological polar surface area (TPSA) is 119 Å². The lowest BCUT2D eigenvalue weighted by atomic mass is 10.1. The fourth-order valence-corrected chi connectivity index (χ4v) is 3.82. The number of aromatic nitrogens is 2. The minimum absolute atomic E-state index is 0.0556. The number of anilines is 1. The normalized spacial score (nSPS) is 11.0.